The average molecular weight is 453 g/mol. The van der Waals surface area contributed by atoms with E-state index in [1.165, 1.54) is 11.3 Å². The molecule has 0 radical (unpaired) electrons. The largest absolute Gasteiger partial charge is 0.401 e. The maximum Gasteiger partial charge on any atom is 0.363 e. The molecule has 0 atom stereocenters. The molecular formula is C18H8BrCl2NO2S. The first-order chi connectivity index (χ1) is 12.0. The topological polar surface area (TPSA) is 38.7 Å². The van der Waals surface area contributed by atoms with Crippen molar-refractivity contribution < 1.29 is 9.53 Å². The minimum atomic E-state index is -0.499. The monoisotopic (exact) mass is 451 g/mol. The van der Waals surface area contributed by atoms with E-state index in [9.17, 15) is 4.79 Å². The Hall–Kier alpha value is -1.66. The summed E-state index contributed by atoms with van der Waals surface area (Å²) >= 11 is 17.3. The average Bonchev–Trinajstić information content (AvgIpc) is 3.08. The Morgan fingerprint density at radius 1 is 1.16 bits per heavy atom. The van der Waals surface area contributed by atoms with E-state index in [0.29, 0.717) is 14.9 Å². The Kier molecular flexibility index (Phi) is 4.41. The summed E-state index contributed by atoms with van der Waals surface area (Å²) in [6.07, 6.45) is 1.68. The number of hydrogen-bond acceptors (Lipinski definition) is 4. The quantitative estimate of drug-likeness (QED) is 0.337. The van der Waals surface area contributed by atoms with Crippen LogP contribution in [-0.4, -0.2) is 11.9 Å². The first-order valence-electron chi connectivity index (χ1n) is 7.17. The Labute approximate surface area is 165 Å². The second-order valence-corrected chi connectivity index (χ2v) is 8.06. The molecule has 1 aliphatic rings. The fourth-order valence-corrected chi connectivity index (χ4v) is 4.57. The number of carbonyl (C=O) groups is 1. The molecule has 0 N–H and O–H groups in total. The molecule has 4 rings (SSSR count). The van der Waals surface area contributed by atoms with Gasteiger partial charge >= 0.3 is 5.97 Å². The van der Waals surface area contributed by atoms with Gasteiger partial charge in [-0.2, -0.15) is 0 Å². The zero-order valence-electron chi connectivity index (χ0n) is 12.4. The highest BCUT2D eigenvalue weighted by Crippen LogP contribution is 2.38. The summed E-state index contributed by atoms with van der Waals surface area (Å²) in [5.41, 5.74) is 1.08. The Balaban J connectivity index is 1.77. The summed E-state index contributed by atoms with van der Waals surface area (Å²) in [7, 11) is 0. The summed E-state index contributed by atoms with van der Waals surface area (Å²) in [5, 5.41) is 1.98. The number of halogens is 3. The zero-order valence-corrected chi connectivity index (χ0v) is 16.3. The van der Waals surface area contributed by atoms with E-state index in [2.05, 4.69) is 20.9 Å². The van der Waals surface area contributed by atoms with Gasteiger partial charge in [0.25, 0.3) is 0 Å². The summed E-state index contributed by atoms with van der Waals surface area (Å²) in [4.78, 5) is 17.1. The van der Waals surface area contributed by atoms with E-state index in [1.54, 1.807) is 12.1 Å². The van der Waals surface area contributed by atoms with E-state index in [-0.39, 0.29) is 11.6 Å². The standard InChI is InChI=1S/C18H8BrCl2NO2S/c19-10-3-1-2-9(6-10)7-13-18(23)24-17(22-13)16-15(21)12-5-4-11(20)8-14(12)25-16/h1-8H/b13-7+. The SMILES string of the molecule is O=C1OC(c2sc3cc(Cl)ccc3c2Cl)=N/C1=C/c1cccc(Br)c1. The maximum atomic E-state index is 12.2. The van der Waals surface area contributed by atoms with Crippen molar-refractivity contribution in [3.05, 3.63) is 73.1 Å². The molecule has 1 aliphatic heterocycles. The van der Waals surface area contributed by atoms with E-state index >= 15 is 0 Å². The molecule has 2 aromatic carbocycles. The number of benzene rings is 2. The number of thiophene rings is 1. The number of rotatable bonds is 2. The van der Waals surface area contributed by atoms with Crippen LogP contribution in [0.2, 0.25) is 10.0 Å². The first kappa shape index (κ1) is 16.8. The molecule has 0 amide bonds. The number of ether oxygens (including phenoxy) is 1. The summed E-state index contributed by atoms with van der Waals surface area (Å²) in [6.45, 7) is 0. The van der Waals surface area contributed by atoms with Gasteiger partial charge in [0.1, 0.15) is 4.88 Å². The van der Waals surface area contributed by atoms with Crippen molar-refractivity contribution in [3.63, 3.8) is 0 Å². The molecule has 7 heteroatoms. The normalized spacial score (nSPS) is 15.7. The molecular weight excluding hydrogens is 445 g/mol. The summed E-state index contributed by atoms with van der Waals surface area (Å²) < 4.78 is 7.16. The molecule has 0 bridgehead atoms. The van der Waals surface area contributed by atoms with Gasteiger partial charge in [-0.1, -0.05) is 57.3 Å². The first-order valence-corrected chi connectivity index (χ1v) is 9.54. The molecule has 0 fully saturated rings. The summed E-state index contributed by atoms with van der Waals surface area (Å²) in [6, 6.07) is 13.0. The molecule has 0 saturated heterocycles. The van der Waals surface area contributed by atoms with Crippen LogP contribution in [0, 0.1) is 0 Å². The van der Waals surface area contributed by atoms with Crippen LogP contribution >= 0.6 is 50.5 Å². The summed E-state index contributed by atoms with van der Waals surface area (Å²) in [5.74, 6) is -0.282. The van der Waals surface area contributed by atoms with Gasteiger partial charge in [0.2, 0.25) is 5.90 Å². The van der Waals surface area contributed by atoms with Gasteiger partial charge in [-0.25, -0.2) is 9.79 Å². The van der Waals surface area contributed by atoms with Crippen molar-refractivity contribution in [2.75, 3.05) is 0 Å². The third-order valence-electron chi connectivity index (χ3n) is 3.56. The highest BCUT2D eigenvalue weighted by molar-refractivity contribution is 9.10. The molecule has 0 unspecified atom stereocenters. The smallest absolute Gasteiger partial charge is 0.363 e. The molecule has 0 saturated carbocycles. The molecule has 25 heavy (non-hydrogen) atoms. The lowest BCUT2D eigenvalue weighted by Crippen LogP contribution is -2.04. The number of aliphatic imine (C=N–C) groups is 1. The Morgan fingerprint density at radius 2 is 2.00 bits per heavy atom. The van der Waals surface area contributed by atoms with Gasteiger partial charge in [-0.3, -0.25) is 0 Å². The number of fused-ring (bicyclic) bond motifs is 1. The lowest BCUT2D eigenvalue weighted by atomic mass is 10.2. The lowest BCUT2D eigenvalue weighted by molar-refractivity contribution is -0.129. The second-order valence-electron chi connectivity index (χ2n) is 5.28. The minimum absolute atomic E-state index is 0.216. The van der Waals surface area contributed by atoms with Gasteiger partial charge in [0.15, 0.2) is 5.70 Å². The fraction of sp³-hybridized carbons (Fsp3) is 0. The van der Waals surface area contributed by atoms with Crippen molar-refractivity contribution in [2.45, 2.75) is 0 Å². The predicted octanol–water partition coefficient (Wildman–Crippen LogP) is 6.32. The van der Waals surface area contributed by atoms with Gasteiger partial charge in [0, 0.05) is 19.6 Å². The van der Waals surface area contributed by atoms with Crippen LogP contribution in [0.4, 0.5) is 0 Å². The molecule has 1 aromatic heterocycles. The van der Waals surface area contributed by atoms with Gasteiger partial charge in [-0.15, -0.1) is 11.3 Å². The van der Waals surface area contributed by atoms with Gasteiger partial charge in [-0.05, 0) is 35.9 Å². The Morgan fingerprint density at radius 3 is 2.80 bits per heavy atom. The highest BCUT2D eigenvalue weighted by Gasteiger charge is 2.28. The molecule has 0 spiro atoms. The predicted molar refractivity (Wildman–Crippen MR) is 107 cm³/mol. The molecule has 2 heterocycles. The van der Waals surface area contributed by atoms with E-state index in [1.807, 2.05) is 36.4 Å². The van der Waals surface area contributed by atoms with Crippen molar-refractivity contribution in [1.29, 1.82) is 0 Å². The highest BCUT2D eigenvalue weighted by atomic mass is 79.9. The Bertz CT molecular complexity index is 1090. The van der Waals surface area contributed by atoms with Gasteiger partial charge in [0.05, 0.1) is 5.02 Å². The number of hydrogen-bond donors (Lipinski definition) is 0. The van der Waals surface area contributed by atoms with Crippen molar-refractivity contribution >= 4 is 78.5 Å². The fourth-order valence-electron chi connectivity index (χ4n) is 2.44. The third kappa shape index (κ3) is 3.25. The minimum Gasteiger partial charge on any atom is -0.401 e. The molecule has 0 aliphatic carbocycles. The van der Waals surface area contributed by atoms with Crippen LogP contribution in [-0.2, 0) is 9.53 Å². The molecule has 3 aromatic rings. The van der Waals surface area contributed by atoms with Gasteiger partial charge < -0.3 is 4.74 Å². The molecule has 124 valence electrons. The number of nitrogens with zero attached hydrogens (tertiary/aromatic N) is 1. The van der Waals surface area contributed by atoms with E-state index < -0.39 is 5.97 Å². The number of cyclic esters (lactones) is 1. The maximum absolute atomic E-state index is 12.2. The van der Waals surface area contributed by atoms with Crippen molar-refractivity contribution in [3.8, 4) is 0 Å². The second kappa shape index (κ2) is 6.57. The van der Waals surface area contributed by atoms with E-state index in [0.717, 1.165) is 20.1 Å². The van der Waals surface area contributed by atoms with Crippen molar-refractivity contribution in [2.24, 2.45) is 4.99 Å². The van der Waals surface area contributed by atoms with Crippen LogP contribution in [0.3, 0.4) is 0 Å². The van der Waals surface area contributed by atoms with Crippen LogP contribution in [0.15, 0.2) is 57.6 Å². The number of carbonyl (C=O) groups excluding carboxylic acids is 1. The number of esters is 1. The third-order valence-corrected chi connectivity index (χ3v) is 5.93. The molecule has 3 nitrogen and oxygen atoms in total. The van der Waals surface area contributed by atoms with Crippen LogP contribution < -0.4 is 0 Å². The van der Waals surface area contributed by atoms with Crippen LogP contribution in [0.5, 0.6) is 0 Å². The van der Waals surface area contributed by atoms with Crippen molar-refractivity contribution in [1.82, 2.24) is 0 Å². The van der Waals surface area contributed by atoms with Crippen LogP contribution in [0.25, 0.3) is 16.2 Å². The van der Waals surface area contributed by atoms with Crippen LogP contribution in [0.1, 0.15) is 10.4 Å². The lowest BCUT2D eigenvalue weighted by Gasteiger charge is -1.96. The van der Waals surface area contributed by atoms with E-state index in [4.69, 9.17) is 27.9 Å². The zero-order chi connectivity index (χ0) is 17.6.